The number of fused-ring (bicyclic) bond motifs is 7. The zero-order chi connectivity index (χ0) is 33.3. The fraction of sp³-hybridized carbons (Fsp3) is 0.238. The molecule has 49 heavy (non-hydrogen) atoms. The van der Waals surface area contributed by atoms with Gasteiger partial charge in [0, 0.05) is 38.1 Å². The first-order chi connectivity index (χ1) is 24.1. The van der Waals surface area contributed by atoms with Crippen LogP contribution in [0.15, 0.2) is 121 Å². The van der Waals surface area contributed by atoms with Gasteiger partial charge in [-0.1, -0.05) is 104 Å². The summed E-state index contributed by atoms with van der Waals surface area (Å²) >= 11 is 0. The van der Waals surface area contributed by atoms with Gasteiger partial charge in [0.15, 0.2) is 0 Å². The van der Waals surface area contributed by atoms with Crippen LogP contribution in [0.3, 0.4) is 0 Å². The first-order valence-electron chi connectivity index (χ1n) is 17.6. The normalized spacial score (nSPS) is 17.3. The van der Waals surface area contributed by atoms with Crippen LogP contribution in [0.5, 0.6) is 5.75 Å². The molecule has 0 radical (unpaired) electrons. The maximum atomic E-state index is 9.14. The van der Waals surface area contributed by atoms with E-state index < -0.39 is 7.32 Å². The molecule has 2 N–H and O–H groups in total. The lowest BCUT2D eigenvalue weighted by Gasteiger charge is -2.52. The molecule has 6 nitrogen and oxygen atoms in total. The average Bonchev–Trinajstić information content (AvgIpc) is 3.13. The first kappa shape index (κ1) is 31.8. The van der Waals surface area contributed by atoms with Crippen molar-refractivity contribution in [3.05, 3.63) is 127 Å². The molecule has 2 aliphatic rings. The Bertz CT molecular complexity index is 2210. The van der Waals surface area contributed by atoms with Gasteiger partial charge in [0.2, 0.25) is 0 Å². The third-order valence-corrected chi connectivity index (χ3v) is 10.3. The van der Waals surface area contributed by atoms with E-state index in [9.17, 15) is 0 Å². The predicted molar refractivity (Wildman–Crippen MR) is 203 cm³/mol. The average molecular weight is 648 g/mol. The van der Waals surface area contributed by atoms with Crippen LogP contribution in [0.4, 0.5) is 0 Å². The van der Waals surface area contributed by atoms with Crippen LogP contribution in [0.25, 0.3) is 53.9 Å². The lowest BCUT2D eigenvalue weighted by Crippen LogP contribution is -2.64. The van der Waals surface area contributed by atoms with E-state index in [1.54, 1.807) is 6.07 Å². The van der Waals surface area contributed by atoms with Gasteiger partial charge in [-0.15, -0.1) is 0 Å². The van der Waals surface area contributed by atoms with Crippen molar-refractivity contribution in [2.75, 3.05) is 32.7 Å². The zero-order valence-corrected chi connectivity index (χ0v) is 28.0. The molecule has 2 fully saturated rings. The molecule has 1 atom stereocenters. The summed E-state index contributed by atoms with van der Waals surface area (Å²) in [7, 11) is -1.83. The number of nitrogens with zero attached hydrogens (tertiary/aromatic N) is 3. The molecule has 0 aromatic heterocycles. The van der Waals surface area contributed by atoms with Gasteiger partial charge in [-0.3, -0.25) is 14.7 Å². The summed E-state index contributed by atoms with van der Waals surface area (Å²) in [5.74, 6) is 0.466. The largest absolute Gasteiger partial charge is 0.707 e. The lowest BCUT2D eigenvalue weighted by molar-refractivity contribution is -0.121. The Balaban J connectivity index is 0.000000145. The second-order valence-corrected chi connectivity index (χ2v) is 13.3. The van der Waals surface area contributed by atoms with Gasteiger partial charge in [-0.05, 0) is 97.7 Å². The van der Waals surface area contributed by atoms with Crippen molar-refractivity contribution in [1.29, 1.82) is 0 Å². The number of rotatable bonds is 5. The van der Waals surface area contributed by atoms with Gasteiger partial charge in [0.1, 0.15) is 12.0 Å². The van der Waals surface area contributed by atoms with Crippen LogP contribution in [0.2, 0.25) is 0 Å². The Morgan fingerprint density at radius 3 is 1.82 bits per heavy atom. The van der Waals surface area contributed by atoms with Crippen molar-refractivity contribution in [3.63, 3.8) is 0 Å². The van der Waals surface area contributed by atoms with Crippen LogP contribution < -0.4 is 4.65 Å². The van der Waals surface area contributed by atoms with Crippen molar-refractivity contribution in [1.82, 2.24) is 14.7 Å². The third-order valence-electron chi connectivity index (χ3n) is 10.3. The minimum absolute atomic E-state index is 0.466. The molecular formula is C42H42BN3O3. The highest BCUT2D eigenvalue weighted by molar-refractivity contribution is 6.34. The van der Waals surface area contributed by atoms with Crippen molar-refractivity contribution in [2.45, 2.75) is 32.6 Å². The Hall–Kier alpha value is -4.50. The van der Waals surface area contributed by atoms with Gasteiger partial charge in [0.25, 0.3) is 0 Å². The van der Waals surface area contributed by atoms with Crippen LogP contribution in [0, 0.1) is 0 Å². The molecule has 0 saturated carbocycles. The lowest BCUT2D eigenvalue weighted by atomic mass is 9.96. The molecule has 0 aliphatic carbocycles. The smallest absolute Gasteiger partial charge is 0.511 e. The number of hydrogen-bond donors (Lipinski definition) is 2. The Morgan fingerprint density at radius 2 is 1.14 bits per heavy atom. The van der Waals surface area contributed by atoms with Gasteiger partial charge in [0.05, 0.1) is 0 Å². The van der Waals surface area contributed by atoms with E-state index in [0.717, 1.165) is 40.0 Å². The highest BCUT2D eigenvalue weighted by Gasteiger charge is 2.36. The zero-order valence-electron chi connectivity index (χ0n) is 28.0. The Labute approximate surface area is 287 Å². The van der Waals surface area contributed by atoms with E-state index >= 15 is 0 Å². The summed E-state index contributed by atoms with van der Waals surface area (Å²) in [6, 6.07) is 42.2. The second kappa shape index (κ2) is 13.8. The molecule has 0 bridgehead atoms. The maximum absolute atomic E-state index is 9.14. The molecular weight excluding hydrogens is 605 g/mol. The van der Waals surface area contributed by atoms with E-state index in [1.165, 1.54) is 71.5 Å². The molecule has 2 saturated heterocycles. The first-order valence-corrected chi connectivity index (χ1v) is 17.6. The standard InChI is InChI=1S/C24H29N3.C18H13BO3/c1-2-25-13-7-14-26-15-8-16-27(24(25)26)18-23-21-11-5-3-9-19(21)17-20-10-4-6-12-22(20)23;20-19(21)22-17-7-3-6-12-8-9-15-10-13-4-1-2-5-14(13)11-16(15)18(12)17/h3-6,9-12,17,24H,2,7-8,13-16,18H2,1H3;1-11,20-21H. The number of hydrogen-bond acceptors (Lipinski definition) is 6. The van der Waals surface area contributed by atoms with Gasteiger partial charge < -0.3 is 14.7 Å². The highest BCUT2D eigenvalue weighted by Crippen LogP contribution is 2.36. The molecule has 7 aromatic rings. The monoisotopic (exact) mass is 647 g/mol. The van der Waals surface area contributed by atoms with E-state index in [4.69, 9.17) is 14.7 Å². The third kappa shape index (κ3) is 6.25. The Kier molecular flexibility index (Phi) is 8.93. The van der Waals surface area contributed by atoms with Crippen molar-refractivity contribution < 1.29 is 14.7 Å². The summed E-state index contributed by atoms with van der Waals surface area (Å²) in [5, 5.41) is 30.2. The quantitative estimate of drug-likeness (QED) is 0.112. The van der Waals surface area contributed by atoms with Gasteiger partial charge >= 0.3 is 7.32 Å². The predicted octanol–water partition coefficient (Wildman–Crippen LogP) is 8.00. The highest BCUT2D eigenvalue weighted by atomic mass is 16.6. The van der Waals surface area contributed by atoms with Crippen molar-refractivity contribution in [2.24, 2.45) is 0 Å². The minimum Gasteiger partial charge on any atom is -0.511 e. The number of benzene rings is 7. The summed E-state index contributed by atoms with van der Waals surface area (Å²) < 4.78 is 5.16. The molecule has 7 heteroatoms. The summed E-state index contributed by atoms with van der Waals surface area (Å²) in [6.45, 7) is 9.37. The van der Waals surface area contributed by atoms with E-state index in [0.29, 0.717) is 12.0 Å². The molecule has 1 unspecified atom stereocenters. The maximum Gasteiger partial charge on any atom is 0.707 e. The van der Waals surface area contributed by atoms with Crippen LogP contribution in [0.1, 0.15) is 25.3 Å². The van der Waals surface area contributed by atoms with Gasteiger partial charge in [-0.2, -0.15) is 0 Å². The fourth-order valence-electron chi connectivity index (χ4n) is 8.16. The molecule has 2 heterocycles. The summed E-state index contributed by atoms with van der Waals surface area (Å²) in [5.41, 5.74) is 1.49. The molecule has 2 aliphatic heterocycles. The molecule has 9 rings (SSSR count). The van der Waals surface area contributed by atoms with E-state index in [1.807, 2.05) is 30.3 Å². The van der Waals surface area contributed by atoms with Crippen LogP contribution in [-0.4, -0.2) is 71.1 Å². The van der Waals surface area contributed by atoms with Crippen LogP contribution >= 0.6 is 0 Å². The summed E-state index contributed by atoms with van der Waals surface area (Å²) in [4.78, 5) is 8.08. The molecule has 246 valence electrons. The Morgan fingerprint density at radius 1 is 0.592 bits per heavy atom. The SMILES string of the molecule is CCN1CCCN2CCCN(Cc3c4ccccc4cc4ccccc34)C12.OB(O)Oc1cccc2ccc3cc4ccccc4cc3c12. The van der Waals surface area contributed by atoms with Crippen molar-refractivity contribution >= 4 is 61.2 Å². The molecule has 0 amide bonds. The van der Waals surface area contributed by atoms with Crippen LogP contribution in [-0.2, 0) is 6.54 Å². The topological polar surface area (TPSA) is 59.4 Å². The summed E-state index contributed by atoms with van der Waals surface area (Å²) in [6.07, 6.45) is 3.04. The van der Waals surface area contributed by atoms with Gasteiger partial charge in [-0.25, -0.2) is 0 Å². The molecule has 0 spiro atoms. The fourth-order valence-corrected chi connectivity index (χ4v) is 8.16. The van der Waals surface area contributed by atoms with E-state index in [2.05, 4.69) is 107 Å². The molecule has 7 aromatic carbocycles. The second-order valence-electron chi connectivity index (χ2n) is 13.3. The van der Waals surface area contributed by atoms with Crippen molar-refractivity contribution in [3.8, 4) is 5.75 Å². The van der Waals surface area contributed by atoms with E-state index in [-0.39, 0.29) is 0 Å². The minimum atomic E-state index is -1.83.